The molecule has 0 aliphatic heterocycles. The molecule has 1 aliphatic carbocycles. The average Bonchev–Trinajstić information content (AvgIpc) is 2.58. The van der Waals surface area contributed by atoms with Gasteiger partial charge in [0.25, 0.3) is 0 Å². The SMILES string of the molecule is CCNC(=O)NC(=O)C(C)NC1CCC(C)(C)C1. The van der Waals surface area contributed by atoms with Gasteiger partial charge in [0.1, 0.15) is 0 Å². The van der Waals surface area contributed by atoms with Gasteiger partial charge >= 0.3 is 6.03 Å². The molecule has 18 heavy (non-hydrogen) atoms. The van der Waals surface area contributed by atoms with Crippen LogP contribution in [0.2, 0.25) is 0 Å². The van der Waals surface area contributed by atoms with Crippen molar-refractivity contribution in [3.63, 3.8) is 0 Å². The van der Waals surface area contributed by atoms with Gasteiger partial charge in [0.05, 0.1) is 6.04 Å². The first-order chi connectivity index (χ1) is 8.34. The average molecular weight is 255 g/mol. The van der Waals surface area contributed by atoms with Crippen molar-refractivity contribution in [1.82, 2.24) is 16.0 Å². The van der Waals surface area contributed by atoms with Crippen LogP contribution in [-0.2, 0) is 4.79 Å². The van der Waals surface area contributed by atoms with Crippen LogP contribution >= 0.6 is 0 Å². The minimum absolute atomic E-state index is 0.273. The topological polar surface area (TPSA) is 70.2 Å². The van der Waals surface area contributed by atoms with E-state index >= 15 is 0 Å². The number of carbonyl (C=O) groups excluding carboxylic acids is 2. The molecule has 1 aliphatic rings. The molecular weight excluding hydrogens is 230 g/mol. The van der Waals surface area contributed by atoms with Crippen molar-refractivity contribution < 1.29 is 9.59 Å². The molecule has 5 heteroatoms. The summed E-state index contributed by atoms with van der Waals surface area (Å²) in [6.07, 6.45) is 3.34. The van der Waals surface area contributed by atoms with Crippen molar-refractivity contribution >= 4 is 11.9 Å². The second-order valence-electron chi connectivity index (χ2n) is 5.84. The van der Waals surface area contributed by atoms with Gasteiger partial charge in [-0.05, 0) is 38.5 Å². The zero-order valence-electron chi connectivity index (χ0n) is 11.8. The third kappa shape index (κ3) is 4.64. The Morgan fingerprint density at radius 3 is 2.56 bits per heavy atom. The molecule has 0 aromatic carbocycles. The smallest absolute Gasteiger partial charge is 0.321 e. The Labute approximate surface area is 109 Å². The van der Waals surface area contributed by atoms with Crippen molar-refractivity contribution in [1.29, 1.82) is 0 Å². The van der Waals surface area contributed by atoms with E-state index in [0.29, 0.717) is 18.0 Å². The molecule has 0 saturated heterocycles. The highest BCUT2D eigenvalue weighted by molar-refractivity contribution is 5.96. The Kier molecular flexibility index (Phi) is 5.14. The Hall–Kier alpha value is -1.10. The zero-order chi connectivity index (χ0) is 13.8. The van der Waals surface area contributed by atoms with E-state index in [1.165, 1.54) is 6.42 Å². The van der Waals surface area contributed by atoms with Crippen molar-refractivity contribution in [2.75, 3.05) is 6.54 Å². The number of imide groups is 1. The molecule has 1 fully saturated rings. The lowest BCUT2D eigenvalue weighted by Gasteiger charge is -2.21. The standard InChI is InChI=1S/C13H25N3O2/c1-5-14-12(18)16-11(17)9(2)15-10-6-7-13(3,4)8-10/h9-10,15H,5-8H2,1-4H3,(H2,14,16,17,18). The van der Waals surface area contributed by atoms with E-state index < -0.39 is 6.03 Å². The summed E-state index contributed by atoms with van der Waals surface area (Å²) < 4.78 is 0. The molecule has 0 spiro atoms. The molecule has 1 rings (SSSR count). The van der Waals surface area contributed by atoms with Gasteiger partial charge in [0, 0.05) is 12.6 Å². The van der Waals surface area contributed by atoms with Gasteiger partial charge in [-0.3, -0.25) is 10.1 Å². The normalized spacial score (nSPS) is 23.4. The van der Waals surface area contributed by atoms with Crippen LogP contribution in [0.5, 0.6) is 0 Å². The molecular formula is C13H25N3O2. The molecule has 0 aromatic heterocycles. The van der Waals surface area contributed by atoms with Crippen molar-refractivity contribution in [3.8, 4) is 0 Å². The number of nitrogens with one attached hydrogen (secondary N) is 3. The quantitative estimate of drug-likeness (QED) is 0.711. The van der Waals surface area contributed by atoms with E-state index in [1.54, 1.807) is 6.92 Å². The molecule has 104 valence electrons. The highest BCUT2D eigenvalue weighted by Crippen LogP contribution is 2.36. The fourth-order valence-electron chi connectivity index (χ4n) is 2.43. The summed E-state index contributed by atoms with van der Waals surface area (Å²) in [6.45, 7) is 8.60. The Morgan fingerprint density at radius 1 is 1.39 bits per heavy atom. The molecule has 0 bridgehead atoms. The summed E-state index contributed by atoms with van der Waals surface area (Å²) in [5.41, 5.74) is 0.355. The van der Waals surface area contributed by atoms with Crippen LogP contribution in [0, 0.1) is 5.41 Å². The number of urea groups is 1. The van der Waals surface area contributed by atoms with Crippen LogP contribution in [-0.4, -0.2) is 30.6 Å². The first kappa shape index (κ1) is 15.0. The number of hydrogen-bond donors (Lipinski definition) is 3. The van der Waals surface area contributed by atoms with Gasteiger partial charge in [-0.15, -0.1) is 0 Å². The number of rotatable bonds is 4. The summed E-state index contributed by atoms with van der Waals surface area (Å²) in [7, 11) is 0. The van der Waals surface area contributed by atoms with Gasteiger partial charge in [-0.25, -0.2) is 4.79 Å². The Bertz CT molecular complexity index is 315. The predicted octanol–water partition coefficient (Wildman–Crippen LogP) is 1.39. The van der Waals surface area contributed by atoms with Crippen LogP contribution < -0.4 is 16.0 Å². The van der Waals surface area contributed by atoms with Crippen LogP contribution in [0.3, 0.4) is 0 Å². The maximum absolute atomic E-state index is 11.7. The van der Waals surface area contributed by atoms with Crippen LogP contribution in [0.15, 0.2) is 0 Å². The van der Waals surface area contributed by atoms with Gasteiger partial charge in [-0.1, -0.05) is 13.8 Å². The second kappa shape index (κ2) is 6.18. The summed E-state index contributed by atoms with van der Waals surface area (Å²) in [5, 5.41) is 8.15. The largest absolute Gasteiger partial charge is 0.338 e. The fraction of sp³-hybridized carbons (Fsp3) is 0.846. The van der Waals surface area contributed by atoms with Gasteiger partial charge < -0.3 is 10.6 Å². The lowest BCUT2D eigenvalue weighted by Crippen LogP contribution is -2.50. The molecule has 3 amide bonds. The van der Waals surface area contributed by atoms with E-state index in [9.17, 15) is 9.59 Å². The molecule has 0 aromatic rings. The molecule has 2 atom stereocenters. The third-order valence-corrected chi connectivity index (χ3v) is 3.42. The minimum atomic E-state index is -0.428. The number of amides is 3. The van der Waals surface area contributed by atoms with Gasteiger partial charge in [-0.2, -0.15) is 0 Å². The highest BCUT2D eigenvalue weighted by Gasteiger charge is 2.32. The molecule has 2 unspecified atom stereocenters. The second-order valence-corrected chi connectivity index (χ2v) is 5.84. The van der Waals surface area contributed by atoms with Crippen molar-refractivity contribution in [2.45, 2.75) is 59.0 Å². The predicted molar refractivity (Wildman–Crippen MR) is 71.2 cm³/mol. The van der Waals surface area contributed by atoms with Crippen LogP contribution in [0.1, 0.15) is 47.0 Å². The lowest BCUT2D eigenvalue weighted by molar-refractivity contribution is -0.121. The zero-order valence-corrected chi connectivity index (χ0v) is 11.8. The summed E-state index contributed by atoms with van der Waals surface area (Å²) in [4.78, 5) is 23.0. The third-order valence-electron chi connectivity index (χ3n) is 3.42. The molecule has 0 radical (unpaired) electrons. The number of hydrogen-bond acceptors (Lipinski definition) is 3. The van der Waals surface area contributed by atoms with E-state index in [0.717, 1.165) is 12.8 Å². The van der Waals surface area contributed by atoms with Crippen LogP contribution in [0.4, 0.5) is 4.79 Å². The van der Waals surface area contributed by atoms with E-state index in [4.69, 9.17) is 0 Å². The Balaban J connectivity index is 2.34. The molecule has 0 heterocycles. The van der Waals surface area contributed by atoms with E-state index in [1.807, 2.05) is 6.92 Å². The summed E-state index contributed by atoms with van der Waals surface area (Å²) in [6, 6.07) is -0.399. The highest BCUT2D eigenvalue weighted by atomic mass is 16.2. The monoisotopic (exact) mass is 255 g/mol. The fourth-order valence-corrected chi connectivity index (χ4v) is 2.43. The maximum Gasteiger partial charge on any atom is 0.321 e. The Morgan fingerprint density at radius 2 is 2.06 bits per heavy atom. The van der Waals surface area contributed by atoms with E-state index in [2.05, 4.69) is 29.8 Å². The maximum atomic E-state index is 11.7. The molecule has 1 saturated carbocycles. The summed E-state index contributed by atoms with van der Waals surface area (Å²) in [5.74, 6) is -0.273. The van der Waals surface area contributed by atoms with Crippen molar-refractivity contribution in [3.05, 3.63) is 0 Å². The molecule has 3 N–H and O–H groups in total. The number of carbonyl (C=O) groups is 2. The first-order valence-electron chi connectivity index (χ1n) is 6.69. The lowest BCUT2D eigenvalue weighted by atomic mass is 9.92. The molecule has 5 nitrogen and oxygen atoms in total. The van der Waals surface area contributed by atoms with Gasteiger partial charge in [0.2, 0.25) is 5.91 Å². The van der Waals surface area contributed by atoms with Gasteiger partial charge in [0.15, 0.2) is 0 Å². The van der Waals surface area contributed by atoms with E-state index in [-0.39, 0.29) is 11.9 Å². The first-order valence-corrected chi connectivity index (χ1v) is 6.69. The summed E-state index contributed by atoms with van der Waals surface area (Å²) >= 11 is 0. The van der Waals surface area contributed by atoms with Crippen molar-refractivity contribution in [2.24, 2.45) is 5.41 Å². The van der Waals surface area contributed by atoms with Crippen LogP contribution in [0.25, 0.3) is 0 Å². The minimum Gasteiger partial charge on any atom is -0.338 e.